The molecule has 1 saturated heterocycles. The van der Waals surface area contributed by atoms with Gasteiger partial charge in [0.25, 0.3) is 0 Å². The largest absolute Gasteiger partial charge is 0.378 e. The van der Waals surface area contributed by atoms with Gasteiger partial charge in [0.05, 0.1) is 13.2 Å². The van der Waals surface area contributed by atoms with E-state index in [-0.39, 0.29) is 5.54 Å². The Morgan fingerprint density at radius 2 is 2.21 bits per heavy atom. The van der Waals surface area contributed by atoms with E-state index in [0.29, 0.717) is 6.04 Å². The van der Waals surface area contributed by atoms with E-state index in [9.17, 15) is 0 Å². The third-order valence-electron chi connectivity index (χ3n) is 5.49. The average molecular weight is 268 g/mol. The number of ether oxygens (including phenoxy) is 1. The summed E-state index contributed by atoms with van der Waals surface area (Å²) in [6.07, 6.45) is 6.48. The number of nitrogens with two attached hydrogens (primary N) is 1. The Kier molecular flexibility index (Phi) is 5.27. The van der Waals surface area contributed by atoms with Gasteiger partial charge in [-0.2, -0.15) is 0 Å². The van der Waals surface area contributed by atoms with Crippen molar-refractivity contribution in [3.63, 3.8) is 0 Å². The second-order valence-electron chi connectivity index (χ2n) is 6.86. The first kappa shape index (κ1) is 15.3. The molecule has 1 aliphatic carbocycles. The summed E-state index contributed by atoms with van der Waals surface area (Å²) >= 11 is 0. The minimum atomic E-state index is 0.248. The molecule has 1 heterocycles. The summed E-state index contributed by atoms with van der Waals surface area (Å²) in [5.74, 6) is 1.63. The van der Waals surface area contributed by atoms with Crippen LogP contribution in [0.4, 0.5) is 0 Å². The SMILES string of the molecule is CCC1COCCN1C1(CN)CCCC(C(C)C)C1. The molecule has 1 aliphatic heterocycles. The minimum absolute atomic E-state index is 0.248. The molecule has 0 aromatic heterocycles. The fraction of sp³-hybridized carbons (Fsp3) is 1.00. The van der Waals surface area contributed by atoms with E-state index in [1.54, 1.807) is 0 Å². The molecule has 2 rings (SSSR count). The van der Waals surface area contributed by atoms with Gasteiger partial charge in [0.15, 0.2) is 0 Å². The molecular formula is C16H32N2O. The highest BCUT2D eigenvalue weighted by molar-refractivity contribution is 5.00. The second kappa shape index (κ2) is 6.55. The van der Waals surface area contributed by atoms with Gasteiger partial charge in [-0.1, -0.05) is 33.6 Å². The lowest BCUT2D eigenvalue weighted by molar-refractivity contribution is -0.0846. The van der Waals surface area contributed by atoms with Gasteiger partial charge in [-0.05, 0) is 31.1 Å². The predicted octanol–water partition coefficient (Wildman–Crippen LogP) is 2.64. The smallest absolute Gasteiger partial charge is 0.0622 e. The van der Waals surface area contributed by atoms with Gasteiger partial charge in [0.1, 0.15) is 0 Å². The topological polar surface area (TPSA) is 38.5 Å². The maximum Gasteiger partial charge on any atom is 0.0622 e. The zero-order chi connectivity index (χ0) is 13.9. The molecule has 0 aromatic carbocycles. The van der Waals surface area contributed by atoms with Crippen molar-refractivity contribution in [3.8, 4) is 0 Å². The molecule has 0 amide bonds. The molecule has 112 valence electrons. The molecule has 1 saturated carbocycles. The normalized spacial score (nSPS) is 37.7. The van der Waals surface area contributed by atoms with E-state index in [4.69, 9.17) is 10.5 Å². The number of rotatable bonds is 4. The predicted molar refractivity (Wildman–Crippen MR) is 80.2 cm³/mol. The molecule has 3 unspecified atom stereocenters. The Morgan fingerprint density at radius 1 is 1.42 bits per heavy atom. The van der Waals surface area contributed by atoms with Gasteiger partial charge in [-0.3, -0.25) is 4.90 Å². The molecule has 2 aliphatic rings. The van der Waals surface area contributed by atoms with E-state index in [1.807, 2.05) is 0 Å². The average Bonchev–Trinajstić information content (AvgIpc) is 2.47. The quantitative estimate of drug-likeness (QED) is 0.852. The summed E-state index contributed by atoms with van der Waals surface area (Å²) in [6.45, 7) is 10.7. The first-order valence-electron chi connectivity index (χ1n) is 8.17. The van der Waals surface area contributed by atoms with Gasteiger partial charge in [-0.15, -0.1) is 0 Å². The van der Waals surface area contributed by atoms with Crippen LogP contribution in [-0.4, -0.2) is 42.8 Å². The summed E-state index contributed by atoms with van der Waals surface area (Å²) in [4.78, 5) is 2.71. The summed E-state index contributed by atoms with van der Waals surface area (Å²) in [5.41, 5.74) is 6.51. The van der Waals surface area contributed by atoms with Gasteiger partial charge in [-0.25, -0.2) is 0 Å². The lowest BCUT2D eigenvalue weighted by atomic mass is 9.70. The van der Waals surface area contributed by atoms with Gasteiger partial charge in [0, 0.05) is 24.7 Å². The van der Waals surface area contributed by atoms with Crippen LogP contribution in [0, 0.1) is 11.8 Å². The van der Waals surface area contributed by atoms with Crippen LogP contribution in [0.1, 0.15) is 52.9 Å². The van der Waals surface area contributed by atoms with Crippen molar-refractivity contribution >= 4 is 0 Å². The summed E-state index contributed by atoms with van der Waals surface area (Å²) < 4.78 is 5.68. The molecule has 19 heavy (non-hydrogen) atoms. The first-order chi connectivity index (χ1) is 9.13. The molecule has 0 radical (unpaired) electrons. The zero-order valence-corrected chi connectivity index (χ0v) is 13.0. The van der Waals surface area contributed by atoms with Crippen molar-refractivity contribution in [2.24, 2.45) is 17.6 Å². The van der Waals surface area contributed by atoms with Crippen LogP contribution >= 0.6 is 0 Å². The molecule has 3 atom stereocenters. The van der Waals surface area contributed by atoms with E-state index >= 15 is 0 Å². The van der Waals surface area contributed by atoms with Crippen molar-refractivity contribution in [1.29, 1.82) is 0 Å². The van der Waals surface area contributed by atoms with Crippen molar-refractivity contribution < 1.29 is 4.74 Å². The standard InChI is InChI=1S/C16H32N2O/c1-4-15-11-19-9-8-18(15)16(12-17)7-5-6-14(10-16)13(2)3/h13-15H,4-12,17H2,1-3H3. The highest BCUT2D eigenvalue weighted by Gasteiger charge is 2.44. The highest BCUT2D eigenvalue weighted by Crippen LogP contribution is 2.41. The molecule has 3 heteroatoms. The van der Waals surface area contributed by atoms with Crippen molar-refractivity contribution in [3.05, 3.63) is 0 Å². The van der Waals surface area contributed by atoms with Gasteiger partial charge < -0.3 is 10.5 Å². The number of hydrogen-bond acceptors (Lipinski definition) is 3. The third-order valence-corrected chi connectivity index (χ3v) is 5.49. The molecule has 2 fully saturated rings. The lowest BCUT2D eigenvalue weighted by Crippen LogP contribution is -2.63. The highest BCUT2D eigenvalue weighted by atomic mass is 16.5. The van der Waals surface area contributed by atoms with Gasteiger partial charge >= 0.3 is 0 Å². The van der Waals surface area contributed by atoms with Crippen molar-refractivity contribution in [2.75, 3.05) is 26.3 Å². The number of hydrogen-bond donors (Lipinski definition) is 1. The van der Waals surface area contributed by atoms with Crippen molar-refractivity contribution in [2.45, 2.75) is 64.5 Å². The van der Waals surface area contributed by atoms with E-state index in [2.05, 4.69) is 25.7 Å². The fourth-order valence-corrected chi connectivity index (χ4v) is 4.14. The summed E-state index contributed by atoms with van der Waals surface area (Å²) in [6, 6.07) is 0.572. The van der Waals surface area contributed by atoms with Crippen LogP contribution in [-0.2, 0) is 4.74 Å². The molecule has 0 spiro atoms. The Bertz CT molecular complexity index is 282. The lowest BCUT2D eigenvalue weighted by Gasteiger charge is -2.53. The zero-order valence-electron chi connectivity index (χ0n) is 13.0. The number of morpholine rings is 1. The van der Waals surface area contributed by atoms with Crippen LogP contribution in [0.3, 0.4) is 0 Å². The van der Waals surface area contributed by atoms with Crippen LogP contribution in [0.25, 0.3) is 0 Å². The Labute approximate surface area is 118 Å². The second-order valence-corrected chi connectivity index (χ2v) is 6.86. The summed E-state index contributed by atoms with van der Waals surface area (Å²) in [5, 5.41) is 0. The van der Waals surface area contributed by atoms with Crippen molar-refractivity contribution in [1.82, 2.24) is 4.90 Å². The van der Waals surface area contributed by atoms with Crippen LogP contribution in [0.15, 0.2) is 0 Å². The third kappa shape index (κ3) is 3.14. The maximum atomic E-state index is 6.27. The molecule has 3 nitrogen and oxygen atoms in total. The van der Waals surface area contributed by atoms with Crippen LogP contribution in [0.5, 0.6) is 0 Å². The fourth-order valence-electron chi connectivity index (χ4n) is 4.14. The maximum absolute atomic E-state index is 6.27. The Balaban J connectivity index is 2.15. The monoisotopic (exact) mass is 268 g/mol. The van der Waals surface area contributed by atoms with E-state index in [0.717, 1.165) is 38.1 Å². The van der Waals surface area contributed by atoms with Gasteiger partial charge in [0.2, 0.25) is 0 Å². The van der Waals surface area contributed by atoms with E-state index < -0.39 is 0 Å². The Morgan fingerprint density at radius 3 is 2.84 bits per heavy atom. The number of nitrogens with zero attached hydrogens (tertiary/aromatic N) is 1. The van der Waals surface area contributed by atoms with Crippen LogP contribution < -0.4 is 5.73 Å². The first-order valence-corrected chi connectivity index (χ1v) is 8.17. The summed E-state index contributed by atoms with van der Waals surface area (Å²) in [7, 11) is 0. The molecule has 0 aromatic rings. The molecular weight excluding hydrogens is 236 g/mol. The molecule has 0 bridgehead atoms. The van der Waals surface area contributed by atoms with E-state index in [1.165, 1.54) is 32.1 Å². The Hall–Kier alpha value is -0.120. The molecule has 2 N–H and O–H groups in total. The van der Waals surface area contributed by atoms with Crippen LogP contribution in [0.2, 0.25) is 0 Å². The minimum Gasteiger partial charge on any atom is -0.378 e.